The highest BCUT2D eigenvalue weighted by atomic mass is 35.5. The third kappa shape index (κ3) is 4.82. The van der Waals surface area contributed by atoms with Crippen molar-refractivity contribution in [2.45, 2.75) is 25.5 Å². The summed E-state index contributed by atoms with van der Waals surface area (Å²) in [6, 6.07) is 10.2. The highest BCUT2D eigenvalue weighted by Crippen LogP contribution is 2.28. The maximum Gasteiger partial charge on any atom is 0.350 e. The van der Waals surface area contributed by atoms with Crippen molar-refractivity contribution in [3.63, 3.8) is 0 Å². The van der Waals surface area contributed by atoms with Gasteiger partial charge in [-0.05, 0) is 36.2 Å². The van der Waals surface area contributed by atoms with Gasteiger partial charge < -0.3 is 14.9 Å². The lowest BCUT2D eigenvalue weighted by Gasteiger charge is -2.35. The number of pyridine rings is 1. The maximum absolute atomic E-state index is 13.2. The van der Waals surface area contributed by atoms with Crippen LogP contribution in [0.3, 0.4) is 0 Å². The Morgan fingerprint density at radius 2 is 1.67 bits per heavy atom. The summed E-state index contributed by atoms with van der Waals surface area (Å²) in [5, 5.41) is 15.8. The van der Waals surface area contributed by atoms with Gasteiger partial charge in [-0.3, -0.25) is 4.98 Å². The molecule has 1 unspecified atom stereocenters. The van der Waals surface area contributed by atoms with E-state index in [1.54, 1.807) is 49.1 Å². The minimum Gasteiger partial charge on any atom is -0.386 e. The number of piperazine rings is 1. The molecule has 186 valence electrons. The molecule has 4 heterocycles. The van der Waals surface area contributed by atoms with Crippen molar-refractivity contribution in [1.82, 2.24) is 29.3 Å². The Balaban J connectivity index is 1.29. The van der Waals surface area contributed by atoms with Gasteiger partial charge in [-0.2, -0.15) is 5.10 Å². The molecule has 1 aliphatic heterocycles. The molecule has 4 aromatic rings. The second kappa shape index (κ2) is 10.5. The number of hydrogen-bond donors (Lipinski definition) is 1. The molecule has 0 aliphatic carbocycles. The van der Waals surface area contributed by atoms with Gasteiger partial charge in [0, 0.05) is 43.6 Å². The molecule has 2 atom stereocenters. The SMILES string of the molecule is CCC([C@H](O)c1ccc(Cl)cc1)n1ncn(-c2ccc(N3CCN(c4cnccn4)CC3)nc2)c1=O. The molecule has 0 spiro atoms. The van der Waals surface area contributed by atoms with Crippen molar-refractivity contribution >= 4 is 23.2 Å². The highest BCUT2D eigenvalue weighted by Gasteiger charge is 2.25. The van der Waals surface area contributed by atoms with Crippen LogP contribution in [-0.2, 0) is 0 Å². The van der Waals surface area contributed by atoms with Crippen LogP contribution < -0.4 is 15.5 Å². The van der Waals surface area contributed by atoms with Gasteiger partial charge in [0.2, 0.25) is 0 Å². The Morgan fingerprint density at radius 1 is 0.944 bits per heavy atom. The van der Waals surface area contributed by atoms with E-state index in [9.17, 15) is 9.90 Å². The summed E-state index contributed by atoms with van der Waals surface area (Å²) in [4.78, 5) is 30.7. The molecular weight excluding hydrogens is 480 g/mol. The van der Waals surface area contributed by atoms with Crippen LogP contribution >= 0.6 is 11.6 Å². The first kappa shape index (κ1) is 24.0. The molecule has 0 bridgehead atoms. The third-order valence-electron chi connectivity index (χ3n) is 6.49. The molecule has 0 radical (unpaired) electrons. The average Bonchev–Trinajstić information content (AvgIpc) is 3.31. The summed E-state index contributed by atoms with van der Waals surface area (Å²) in [5.41, 5.74) is 0.962. The molecule has 0 amide bonds. The summed E-state index contributed by atoms with van der Waals surface area (Å²) in [6.07, 6.45) is 7.92. The molecule has 1 aromatic carbocycles. The van der Waals surface area contributed by atoms with Gasteiger partial charge >= 0.3 is 5.69 Å². The lowest BCUT2D eigenvalue weighted by Crippen LogP contribution is -2.47. The molecule has 5 rings (SSSR count). The van der Waals surface area contributed by atoms with Crippen LogP contribution in [0.15, 0.2) is 72.3 Å². The van der Waals surface area contributed by atoms with E-state index in [-0.39, 0.29) is 5.69 Å². The highest BCUT2D eigenvalue weighted by molar-refractivity contribution is 6.30. The maximum atomic E-state index is 13.2. The molecule has 0 saturated carbocycles. The fourth-order valence-corrected chi connectivity index (χ4v) is 4.59. The lowest BCUT2D eigenvalue weighted by molar-refractivity contribution is 0.101. The molecular formula is C25H27ClN8O2. The zero-order valence-corrected chi connectivity index (χ0v) is 20.6. The van der Waals surface area contributed by atoms with E-state index >= 15 is 0 Å². The molecule has 3 aromatic heterocycles. The number of rotatable bonds is 7. The van der Waals surface area contributed by atoms with E-state index in [0.717, 1.165) is 37.8 Å². The summed E-state index contributed by atoms with van der Waals surface area (Å²) in [7, 11) is 0. The van der Waals surface area contributed by atoms with Gasteiger partial charge in [0.25, 0.3) is 0 Å². The van der Waals surface area contributed by atoms with Crippen LogP contribution in [0.1, 0.15) is 31.1 Å². The molecule has 10 nitrogen and oxygen atoms in total. The van der Waals surface area contributed by atoms with E-state index in [0.29, 0.717) is 22.7 Å². The predicted molar refractivity (Wildman–Crippen MR) is 138 cm³/mol. The molecule has 1 fully saturated rings. The minimum absolute atomic E-state index is 0.331. The number of aliphatic hydroxyl groups excluding tert-OH is 1. The first-order valence-electron chi connectivity index (χ1n) is 11.9. The number of aliphatic hydroxyl groups is 1. The van der Waals surface area contributed by atoms with Gasteiger partial charge in [0.15, 0.2) is 0 Å². The van der Waals surface area contributed by atoms with Crippen LogP contribution in [0.5, 0.6) is 0 Å². The monoisotopic (exact) mass is 506 g/mol. The largest absolute Gasteiger partial charge is 0.386 e. The van der Waals surface area contributed by atoms with Gasteiger partial charge in [-0.1, -0.05) is 30.7 Å². The minimum atomic E-state index is -0.894. The Labute approximate surface area is 213 Å². The normalized spacial score (nSPS) is 15.6. The van der Waals surface area contributed by atoms with Crippen molar-refractivity contribution in [2.75, 3.05) is 36.0 Å². The van der Waals surface area contributed by atoms with Crippen molar-refractivity contribution in [2.24, 2.45) is 0 Å². The Morgan fingerprint density at radius 3 is 2.28 bits per heavy atom. The summed E-state index contributed by atoms with van der Waals surface area (Å²) in [5.74, 6) is 1.73. The molecule has 11 heteroatoms. The van der Waals surface area contributed by atoms with E-state index in [2.05, 4.69) is 29.9 Å². The van der Waals surface area contributed by atoms with Crippen LogP contribution in [0, 0.1) is 0 Å². The van der Waals surface area contributed by atoms with Crippen LogP contribution in [0.2, 0.25) is 5.02 Å². The van der Waals surface area contributed by atoms with Crippen molar-refractivity contribution in [1.29, 1.82) is 0 Å². The average molecular weight is 507 g/mol. The molecule has 1 saturated heterocycles. The summed E-state index contributed by atoms with van der Waals surface area (Å²) >= 11 is 5.97. The van der Waals surface area contributed by atoms with E-state index < -0.39 is 12.1 Å². The lowest BCUT2D eigenvalue weighted by atomic mass is 10.0. The number of benzene rings is 1. The zero-order chi connectivity index (χ0) is 25.1. The number of halogens is 1. The second-order valence-electron chi connectivity index (χ2n) is 8.61. The molecule has 1 aliphatic rings. The fraction of sp³-hybridized carbons (Fsp3) is 0.320. The van der Waals surface area contributed by atoms with Crippen molar-refractivity contribution < 1.29 is 5.11 Å². The Bertz CT molecular complexity index is 1330. The number of anilines is 2. The third-order valence-corrected chi connectivity index (χ3v) is 6.74. The van der Waals surface area contributed by atoms with Gasteiger partial charge in [0.05, 0.1) is 24.1 Å². The second-order valence-corrected chi connectivity index (χ2v) is 9.05. The smallest absolute Gasteiger partial charge is 0.350 e. The summed E-state index contributed by atoms with van der Waals surface area (Å²) < 4.78 is 2.78. The van der Waals surface area contributed by atoms with Gasteiger partial charge in [-0.25, -0.2) is 24.0 Å². The van der Waals surface area contributed by atoms with Gasteiger partial charge in [-0.15, -0.1) is 0 Å². The standard InChI is InChI=1S/C25H27ClN8O2/c1-2-21(24(35)18-3-5-19(26)6-4-18)34-25(36)33(17-30-34)20-7-8-22(29-15-20)31-11-13-32(14-12-31)23-16-27-9-10-28-23/h3-10,15-17,21,24,35H,2,11-14H2,1H3/t21?,24-/m1/s1. The van der Waals surface area contributed by atoms with E-state index in [4.69, 9.17) is 11.6 Å². The number of hydrogen-bond acceptors (Lipinski definition) is 8. The fourth-order valence-electron chi connectivity index (χ4n) is 4.46. The summed E-state index contributed by atoms with van der Waals surface area (Å²) in [6.45, 7) is 5.17. The van der Waals surface area contributed by atoms with Crippen LogP contribution in [-0.4, -0.2) is 60.6 Å². The topological polar surface area (TPSA) is 105 Å². The number of aromatic nitrogens is 6. The van der Waals surface area contributed by atoms with Crippen LogP contribution in [0.4, 0.5) is 11.6 Å². The van der Waals surface area contributed by atoms with E-state index in [1.807, 2.05) is 19.1 Å². The predicted octanol–water partition coefficient (Wildman–Crippen LogP) is 2.88. The quantitative estimate of drug-likeness (QED) is 0.408. The molecule has 1 N–H and O–H groups in total. The van der Waals surface area contributed by atoms with Gasteiger partial charge in [0.1, 0.15) is 24.1 Å². The first-order chi connectivity index (χ1) is 17.5. The Hall–Kier alpha value is -3.76. The molecule has 36 heavy (non-hydrogen) atoms. The van der Waals surface area contributed by atoms with Crippen LogP contribution in [0.25, 0.3) is 5.69 Å². The first-order valence-corrected chi connectivity index (χ1v) is 12.2. The van der Waals surface area contributed by atoms with E-state index in [1.165, 1.54) is 15.6 Å². The zero-order valence-electron chi connectivity index (χ0n) is 19.9. The Kier molecular flexibility index (Phi) is 6.97. The number of nitrogens with zero attached hydrogens (tertiary/aromatic N) is 8. The van der Waals surface area contributed by atoms with Crippen molar-refractivity contribution in [3.8, 4) is 5.69 Å². The van der Waals surface area contributed by atoms with Crippen molar-refractivity contribution in [3.05, 3.63) is 88.6 Å².